The van der Waals surface area contributed by atoms with Crippen molar-refractivity contribution in [2.75, 3.05) is 13.9 Å². The Bertz CT molecular complexity index is 806. The Balaban J connectivity index is 2.26. The maximum atomic E-state index is 5.78. The number of fused-ring (bicyclic) bond motifs is 1. The summed E-state index contributed by atoms with van der Waals surface area (Å²) in [5.41, 5.74) is 4.80. The fourth-order valence-electron chi connectivity index (χ4n) is 2.83. The van der Waals surface area contributed by atoms with E-state index in [9.17, 15) is 0 Å². The quantitative estimate of drug-likeness (QED) is 0.622. The van der Waals surface area contributed by atoms with Crippen molar-refractivity contribution >= 4 is 10.8 Å². The molecule has 112 valence electrons. The predicted molar refractivity (Wildman–Crippen MR) is 91.4 cm³/mol. The van der Waals surface area contributed by atoms with Crippen LogP contribution in [-0.4, -0.2) is 13.9 Å². The van der Waals surface area contributed by atoms with Crippen LogP contribution in [0.3, 0.4) is 0 Å². The van der Waals surface area contributed by atoms with Crippen molar-refractivity contribution in [1.29, 1.82) is 0 Å². The molecule has 0 aliphatic carbocycles. The van der Waals surface area contributed by atoms with Crippen LogP contribution in [0.5, 0.6) is 5.75 Å². The second-order valence-corrected chi connectivity index (χ2v) is 5.53. The molecule has 0 aliphatic rings. The van der Waals surface area contributed by atoms with Gasteiger partial charge in [-0.3, -0.25) is 0 Å². The summed E-state index contributed by atoms with van der Waals surface area (Å²) in [5, 5.41) is 2.48. The fourth-order valence-corrected chi connectivity index (χ4v) is 2.83. The van der Waals surface area contributed by atoms with E-state index in [2.05, 4.69) is 62.4 Å². The number of hydrogen-bond acceptors (Lipinski definition) is 2. The van der Waals surface area contributed by atoms with Crippen LogP contribution in [0.15, 0.2) is 54.6 Å². The molecule has 2 nitrogen and oxygen atoms in total. The van der Waals surface area contributed by atoms with Crippen molar-refractivity contribution < 1.29 is 9.47 Å². The largest absolute Gasteiger partial charge is 0.467 e. The molecule has 0 aromatic heterocycles. The molecular formula is C20H20O2. The van der Waals surface area contributed by atoms with Crippen LogP contribution in [0.4, 0.5) is 0 Å². The first-order chi connectivity index (χ1) is 10.7. The van der Waals surface area contributed by atoms with Crippen LogP contribution in [0.1, 0.15) is 11.1 Å². The number of hydrogen-bond donors (Lipinski definition) is 0. The molecule has 0 heterocycles. The zero-order valence-corrected chi connectivity index (χ0v) is 13.2. The first kappa shape index (κ1) is 14.6. The van der Waals surface area contributed by atoms with E-state index in [4.69, 9.17) is 9.47 Å². The Hall–Kier alpha value is -2.32. The monoisotopic (exact) mass is 292 g/mol. The molecule has 22 heavy (non-hydrogen) atoms. The van der Waals surface area contributed by atoms with E-state index in [0.29, 0.717) is 0 Å². The van der Waals surface area contributed by atoms with Crippen LogP contribution >= 0.6 is 0 Å². The third kappa shape index (κ3) is 2.70. The zero-order chi connectivity index (χ0) is 15.5. The molecule has 0 amide bonds. The van der Waals surface area contributed by atoms with Gasteiger partial charge in [0, 0.05) is 12.7 Å². The minimum absolute atomic E-state index is 0.250. The highest BCUT2D eigenvalue weighted by atomic mass is 16.7. The van der Waals surface area contributed by atoms with Crippen LogP contribution in [-0.2, 0) is 4.74 Å². The third-order valence-electron chi connectivity index (χ3n) is 3.87. The fraction of sp³-hybridized carbons (Fsp3) is 0.200. The van der Waals surface area contributed by atoms with Crippen LogP contribution in [0.2, 0.25) is 0 Å². The van der Waals surface area contributed by atoms with Crippen molar-refractivity contribution in [3.8, 4) is 16.9 Å². The predicted octanol–water partition coefficient (Wildman–Crippen LogP) is 5.11. The molecule has 3 rings (SSSR count). The van der Waals surface area contributed by atoms with E-state index >= 15 is 0 Å². The summed E-state index contributed by atoms with van der Waals surface area (Å²) in [7, 11) is 1.64. The summed E-state index contributed by atoms with van der Waals surface area (Å²) in [5.74, 6) is 0.854. The summed E-state index contributed by atoms with van der Waals surface area (Å²) in [6.45, 7) is 4.49. The van der Waals surface area contributed by atoms with Gasteiger partial charge in [-0.15, -0.1) is 0 Å². The molecule has 0 spiro atoms. The normalized spacial score (nSPS) is 10.9. The highest BCUT2D eigenvalue weighted by molar-refractivity contribution is 5.99. The van der Waals surface area contributed by atoms with Gasteiger partial charge in [-0.05, 0) is 47.9 Å². The van der Waals surface area contributed by atoms with E-state index in [1.165, 1.54) is 27.5 Å². The van der Waals surface area contributed by atoms with Gasteiger partial charge in [0.25, 0.3) is 0 Å². The molecule has 3 aromatic carbocycles. The van der Waals surface area contributed by atoms with E-state index in [-0.39, 0.29) is 6.79 Å². The molecule has 0 N–H and O–H groups in total. The summed E-state index contributed by atoms with van der Waals surface area (Å²) in [6.07, 6.45) is 0. The van der Waals surface area contributed by atoms with Gasteiger partial charge in [0.15, 0.2) is 6.79 Å². The molecule has 0 atom stereocenters. The molecule has 0 bridgehead atoms. The second kappa shape index (κ2) is 6.20. The van der Waals surface area contributed by atoms with Crippen LogP contribution in [0.25, 0.3) is 21.9 Å². The Morgan fingerprint density at radius 3 is 2.55 bits per heavy atom. The van der Waals surface area contributed by atoms with Gasteiger partial charge < -0.3 is 9.47 Å². The van der Waals surface area contributed by atoms with E-state index < -0.39 is 0 Å². The van der Waals surface area contributed by atoms with Crippen LogP contribution < -0.4 is 4.74 Å². The summed E-state index contributed by atoms with van der Waals surface area (Å²) in [6, 6.07) is 19.1. The number of aryl methyl sites for hydroxylation is 2. The van der Waals surface area contributed by atoms with Gasteiger partial charge in [-0.1, -0.05) is 48.0 Å². The molecule has 0 radical (unpaired) electrons. The van der Waals surface area contributed by atoms with Crippen molar-refractivity contribution in [2.45, 2.75) is 13.8 Å². The minimum Gasteiger partial charge on any atom is -0.467 e. The lowest BCUT2D eigenvalue weighted by atomic mass is 9.92. The first-order valence-corrected chi connectivity index (χ1v) is 7.42. The average Bonchev–Trinajstić information content (AvgIpc) is 2.53. The Kier molecular flexibility index (Phi) is 4.12. The molecule has 0 unspecified atom stereocenters. The number of benzene rings is 3. The van der Waals surface area contributed by atoms with Crippen molar-refractivity contribution in [1.82, 2.24) is 0 Å². The van der Waals surface area contributed by atoms with Gasteiger partial charge in [0.2, 0.25) is 0 Å². The molecule has 0 aliphatic heterocycles. The van der Waals surface area contributed by atoms with Gasteiger partial charge in [0.1, 0.15) is 5.75 Å². The highest BCUT2D eigenvalue weighted by Gasteiger charge is 2.13. The SMILES string of the molecule is COCOc1ccc(C)cc1-c1c(C)ccc2ccccc12. The summed E-state index contributed by atoms with van der Waals surface area (Å²) < 4.78 is 10.8. The van der Waals surface area contributed by atoms with Crippen molar-refractivity contribution in [2.24, 2.45) is 0 Å². The Labute approximate surface area is 131 Å². The highest BCUT2D eigenvalue weighted by Crippen LogP contribution is 2.38. The molecule has 0 saturated heterocycles. The maximum absolute atomic E-state index is 5.78. The van der Waals surface area contributed by atoms with Crippen molar-refractivity contribution in [3.05, 3.63) is 65.7 Å². The van der Waals surface area contributed by atoms with Gasteiger partial charge in [0.05, 0.1) is 0 Å². The number of methoxy groups -OCH3 is 1. The molecular weight excluding hydrogens is 272 g/mol. The first-order valence-electron chi connectivity index (χ1n) is 7.42. The lowest BCUT2D eigenvalue weighted by Crippen LogP contribution is -2.01. The summed E-state index contributed by atoms with van der Waals surface area (Å²) >= 11 is 0. The topological polar surface area (TPSA) is 18.5 Å². The molecule has 3 aromatic rings. The van der Waals surface area contributed by atoms with Crippen LogP contribution in [0, 0.1) is 13.8 Å². The second-order valence-electron chi connectivity index (χ2n) is 5.53. The Morgan fingerprint density at radius 1 is 0.909 bits per heavy atom. The minimum atomic E-state index is 0.250. The third-order valence-corrected chi connectivity index (χ3v) is 3.87. The molecule has 0 fully saturated rings. The van der Waals surface area contributed by atoms with Gasteiger partial charge >= 0.3 is 0 Å². The lowest BCUT2D eigenvalue weighted by Gasteiger charge is -2.16. The summed E-state index contributed by atoms with van der Waals surface area (Å²) in [4.78, 5) is 0. The molecule has 2 heteroatoms. The molecule has 0 saturated carbocycles. The van der Waals surface area contributed by atoms with Crippen molar-refractivity contribution in [3.63, 3.8) is 0 Å². The Morgan fingerprint density at radius 2 is 1.73 bits per heavy atom. The lowest BCUT2D eigenvalue weighted by molar-refractivity contribution is 0.0515. The number of rotatable bonds is 4. The van der Waals surface area contributed by atoms with Gasteiger partial charge in [-0.25, -0.2) is 0 Å². The maximum Gasteiger partial charge on any atom is 0.188 e. The van der Waals surface area contributed by atoms with Gasteiger partial charge in [-0.2, -0.15) is 0 Å². The van der Waals surface area contributed by atoms with E-state index in [1.807, 2.05) is 6.07 Å². The standard InChI is InChI=1S/C20H20O2/c1-14-8-11-19(22-13-21-3)18(12-14)20-15(2)9-10-16-6-4-5-7-17(16)20/h4-12H,13H2,1-3H3. The van der Waals surface area contributed by atoms with E-state index in [1.54, 1.807) is 7.11 Å². The average molecular weight is 292 g/mol. The zero-order valence-electron chi connectivity index (χ0n) is 13.2. The smallest absolute Gasteiger partial charge is 0.188 e. The number of ether oxygens (including phenoxy) is 2. The van der Waals surface area contributed by atoms with E-state index in [0.717, 1.165) is 11.3 Å².